The van der Waals surface area contributed by atoms with Crippen molar-refractivity contribution in [3.05, 3.63) is 54.1 Å². The Morgan fingerprint density at radius 2 is 1.70 bits per heavy atom. The quantitative estimate of drug-likeness (QED) is 0.347. The molecule has 106 valence electrons. The summed E-state index contributed by atoms with van der Waals surface area (Å²) < 4.78 is 5.59. The van der Waals surface area contributed by atoms with Gasteiger partial charge in [-0.15, -0.1) is 0 Å². The molecule has 0 radical (unpaired) electrons. The number of ether oxygens (including phenoxy) is 1. The molecule has 0 aliphatic rings. The van der Waals surface area contributed by atoms with Crippen LogP contribution in [0.3, 0.4) is 0 Å². The Kier molecular flexibility index (Phi) is 6.06. The predicted octanol–water partition coefficient (Wildman–Crippen LogP) is 2.69. The van der Waals surface area contributed by atoms with Crippen LogP contribution in [0.2, 0.25) is 0 Å². The molecule has 0 unspecified atom stereocenters. The number of anilines is 1. The van der Waals surface area contributed by atoms with Crippen LogP contribution in [-0.2, 0) is 0 Å². The van der Waals surface area contributed by atoms with Gasteiger partial charge in [0, 0.05) is 5.69 Å². The van der Waals surface area contributed by atoms with Gasteiger partial charge in [-0.05, 0) is 30.3 Å². The zero-order valence-corrected chi connectivity index (χ0v) is 11.6. The summed E-state index contributed by atoms with van der Waals surface area (Å²) in [6.07, 6.45) is 0. The molecule has 0 fully saturated rings. The van der Waals surface area contributed by atoms with Crippen LogP contribution in [0, 0.1) is 0 Å². The van der Waals surface area contributed by atoms with Crippen LogP contribution in [0.25, 0.3) is 0 Å². The number of nitrogens with two attached hydrogens (primary N) is 2. The SMILES string of the molecule is CC.NNC(=O)c1cc(Oc2ccccc2)ccc1N. The lowest BCUT2D eigenvalue weighted by molar-refractivity contribution is 0.0954. The normalized spacial score (nSPS) is 9.15. The third kappa shape index (κ3) is 4.00. The van der Waals surface area contributed by atoms with Gasteiger partial charge >= 0.3 is 0 Å². The summed E-state index contributed by atoms with van der Waals surface area (Å²) in [7, 11) is 0. The van der Waals surface area contributed by atoms with E-state index < -0.39 is 5.91 Å². The van der Waals surface area contributed by atoms with Crippen LogP contribution in [0.15, 0.2) is 48.5 Å². The van der Waals surface area contributed by atoms with Gasteiger partial charge in [0.15, 0.2) is 0 Å². The van der Waals surface area contributed by atoms with Crippen LogP contribution in [0.1, 0.15) is 24.2 Å². The highest BCUT2D eigenvalue weighted by atomic mass is 16.5. The Morgan fingerprint density at radius 3 is 2.30 bits per heavy atom. The molecule has 5 N–H and O–H groups in total. The molecule has 0 spiro atoms. The highest BCUT2D eigenvalue weighted by Crippen LogP contribution is 2.24. The van der Waals surface area contributed by atoms with Crippen molar-refractivity contribution >= 4 is 11.6 Å². The second-order valence-corrected chi connectivity index (χ2v) is 3.64. The fourth-order valence-corrected chi connectivity index (χ4v) is 1.50. The molecule has 2 aromatic carbocycles. The van der Waals surface area contributed by atoms with Crippen molar-refractivity contribution in [1.29, 1.82) is 0 Å². The van der Waals surface area contributed by atoms with Crippen LogP contribution in [0.5, 0.6) is 11.5 Å². The van der Waals surface area contributed by atoms with Gasteiger partial charge in [-0.2, -0.15) is 0 Å². The first-order valence-electron chi connectivity index (χ1n) is 6.34. The monoisotopic (exact) mass is 273 g/mol. The van der Waals surface area contributed by atoms with Crippen molar-refractivity contribution in [3.8, 4) is 11.5 Å². The molecule has 0 atom stereocenters. The molecule has 5 heteroatoms. The number of amides is 1. The number of nitrogen functional groups attached to an aromatic ring is 2. The van der Waals surface area contributed by atoms with Gasteiger partial charge in [0.05, 0.1) is 5.56 Å². The van der Waals surface area contributed by atoms with E-state index in [1.807, 2.05) is 49.6 Å². The van der Waals surface area contributed by atoms with Gasteiger partial charge < -0.3 is 10.5 Å². The maximum atomic E-state index is 11.5. The van der Waals surface area contributed by atoms with Gasteiger partial charge in [-0.25, -0.2) is 5.84 Å². The van der Waals surface area contributed by atoms with Gasteiger partial charge in [-0.3, -0.25) is 10.2 Å². The average molecular weight is 273 g/mol. The molecule has 1 amide bonds. The van der Waals surface area contributed by atoms with E-state index in [2.05, 4.69) is 0 Å². The molecule has 0 saturated heterocycles. The highest BCUT2D eigenvalue weighted by Gasteiger charge is 2.09. The number of carbonyl (C=O) groups excluding carboxylic acids is 1. The number of carbonyl (C=O) groups is 1. The highest BCUT2D eigenvalue weighted by molar-refractivity contribution is 5.99. The largest absolute Gasteiger partial charge is 0.457 e. The van der Waals surface area contributed by atoms with E-state index in [-0.39, 0.29) is 5.56 Å². The van der Waals surface area contributed by atoms with Gasteiger partial charge in [0.25, 0.3) is 5.91 Å². The number of hydrogen-bond donors (Lipinski definition) is 3. The molecular weight excluding hydrogens is 254 g/mol. The van der Waals surface area contributed by atoms with E-state index >= 15 is 0 Å². The molecule has 0 heterocycles. The van der Waals surface area contributed by atoms with E-state index in [4.69, 9.17) is 16.3 Å². The van der Waals surface area contributed by atoms with Crippen molar-refractivity contribution < 1.29 is 9.53 Å². The molecule has 0 saturated carbocycles. The predicted molar refractivity (Wildman–Crippen MR) is 80.4 cm³/mol. The van der Waals surface area contributed by atoms with E-state index in [9.17, 15) is 4.79 Å². The van der Waals surface area contributed by atoms with Gasteiger partial charge in [-0.1, -0.05) is 32.0 Å². The zero-order valence-electron chi connectivity index (χ0n) is 11.6. The van der Waals surface area contributed by atoms with E-state index in [1.54, 1.807) is 18.2 Å². The Morgan fingerprint density at radius 1 is 1.05 bits per heavy atom. The summed E-state index contributed by atoms with van der Waals surface area (Å²) in [5.74, 6) is 5.83. The average Bonchev–Trinajstić information content (AvgIpc) is 2.51. The molecule has 2 rings (SSSR count). The molecule has 0 aliphatic heterocycles. The fraction of sp³-hybridized carbons (Fsp3) is 0.133. The molecule has 0 aliphatic carbocycles. The Hall–Kier alpha value is -2.53. The smallest absolute Gasteiger partial charge is 0.267 e. The second kappa shape index (κ2) is 7.81. The minimum Gasteiger partial charge on any atom is -0.457 e. The maximum absolute atomic E-state index is 11.5. The topological polar surface area (TPSA) is 90.4 Å². The lowest BCUT2D eigenvalue weighted by Crippen LogP contribution is -2.30. The number of para-hydroxylation sites is 1. The summed E-state index contributed by atoms with van der Waals surface area (Å²) in [6, 6.07) is 14.1. The Bertz CT molecular complexity index is 556. The summed E-state index contributed by atoms with van der Waals surface area (Å²) >= 11 is 0. The summed E-state index contributed by atoms with van der Waals surface area (Å²) in [4.78, 5) is 11.5. The third-order valence-corrected chi connectivity index (χ3v) is 2.38. The maximum Gasteiger partial charge on any atom is 0.267 e. The van der Waals surface area contributed by atoms with Crippen molar-refractivity contribution in [2.24, 2.45) is 5.84 Å². The van der Waals surface area contributed by atoms with Gasteiger partial charge in [0.2, 0.25) is 0 Å². The lowest BCUT2D eigenvalue weighted by Gasteiger charge is -2.09. The fourth-order valence-electron chi connectivity index (χ4n) is 1.50. The molecule has 0 bridgehead atoms. The minimum atomic E-state index is -0.453. The van der Waals surface area contributed by atoms with Crippen LogP contribution in [-0.4, -0.2) is 5.91 Å². The summed E-state index contributed by atoms with van der Waals surface area (Å²) in [5.41, 5.74) is 8.36. The first kappa shape index (κ1) is 15.5. The Labute approximate surface area is 118 Å². The molecule has 2 aromatic rings. The molecule has 20 heavy (non-hydrogen) atoms. The van der Waals surface area contributed by atoms with Gasteiger partial charge in [0.1, 0.15) is 11.5 Å². The summed E-state index contributed by atoms with van der Waals surface area (Å²) in [6.45, 7) is 4.00. The number of hydrogen-bond acceptors (Lipinski definition) is 4. The second-order valence-electron chi connectivity index (χ2n) is 3.64. The number of nitrogens with one attached hydrogen (secondary N) is 1. The summed E-state index contributed by atoms with van der Waals surface area (Å²) in [5, 5.41) is 0. The molecule has 0 aromatic heterocycles. The molecular formula is C15H19N3O2. The minimum absolute atomic E-state index is 0.283. The van der Waals surface area contributed by atoms with Crippen molar-refractivity contribution in [2.45, 2.75) is 13.8 Å². The Balaban J connectivity index is 0.000000956. The molecule has 5 nitrogen and oxygen atoms in total. The third-order valence-electron chi connectivity index (χ3n) is 2.38. The van der Waals surface area contributed by atoms with Crippen LogP contribution < -0.4 is 21.7 Å². The van der Waals surface area contributed by atoms with Crippen molar-refractivity contribution in [2.75, 3.05) is 5.73 Å². The number of rotatable bonds is 3. The van der Waals surface area contributed by atoms with Crippen LogP contribution >= 0.6 is 0 Å². The van der Waals surface area contributed by atoms with E-state index in [0.29, 0.717) is 17.2 Å². The lowest BCUT2D eigenvalue weighted by atomic mass is 10.1. The number of hydrazine groups is 1. The van der Waals surface area contributed by atoms with Crippen molar-refractivity contribution in [3.63, 3.8) is 0 Å². The van der Waals surface area contributed by atoms with Crippen LogP contribution in [0.4, 0.5) is 5.69 Å². The number of benzene rings is 2. The van der Waals surface area contributed by atoms with E-state index in [0.717, 1.165) is 0 Å². The first-order valence-corrected chi connectivity index (χ1v) is 6.34. The van der Waals surface area contributed by atoms with Crippen molar-refractivity contribution in [1.82, 2.24) is 5.43 Å². The zero-order chi connectivity index (χ0) is 15.0. The van der Waals surface area contributed by atoms with E-state index in [1.165, 1.54) is 0 Å². The first-order chi connectivity index (χ1) is 9.70. The standard InChI is InChI=1S/C13H13N3O2.C2H6/c14-12-7-6-10(8-11(12)13(17)16-15)18-9-4-2-1-3-5-9;1-2/h1-8H,14-15H2,(H,16,17);1-2H3.